The number of nitrogens with zero attached hydrogens (tertiary/aromatic N) is 1. The minimum atomic E-state index is 0.114. The number of nitrogens with one attached hydrogen (secondary N) is 1. The van der Waals surface area contributed by atoms with Gasteiger partial charge in [0.25, 0.3) is 0 Å². The monoisotopic (exact) mass is 207 g/mol. The summed E-state index contributed by atoms with van der Waals surface area (Å²) in [6.45, 7) is 4.81. The molecule has 0 spiro atoms. The smallest absolute Gasteiger partial charge is 0.213 e. The molecule has 4 heteroatoms. The van der Waals surface area contributed by atoms with E-state index in [0.29, 0.717) is 24.8 Å². The van der Waals surface area contributed by atoms with Crippen LogP contribution in [0.25, 0.3) is 0 Å². The van der Waals surface area contributed by atoms with Crippen molar-refractivity contribution >= 4 is 5.84 Å². The molecule has 1 aromatic rings. The van der Waals surface area contributed by atoms with Crippen molar-refractivity contribution in [1.82, 2.24) is 4.98 Å². The SMILES string of the molecule is CC(C)COc1cccc(CC(=N)N)n1. The molecule has 1 heterocycles. The average Bonchev–Trinajstić information content (AvgIpc) is 2.14. The largest absolute Gasteiger partial charge is 0.477 e. The quantitative estimate of drug-likeness (QED) is 0.569. The fourth-order valence-corrected chi connectivity index (χ4v) is 1.08. The van der Waals surface area contributed by atoms with Gasteiger partial charge in [-0.15, -0.1) is 0 Å². The molecule has 0 aliphatic rings. The van der Waals surface area contributed by atoms with Gasteiger partial charge in [-0.05, 0) is 12.0 Å². The molecule has 0 saturated heterocycles. The molecule has 0 amide bonds. The summed E-state index contributed by atoms with van der Waals surface area (Å²) in [7, 11) is 0. The van der Waals surface area contributed by atoms with Gasteiger partial charge in [-0.1, -0.05) is 19.9 Å². The lowest BCUT2D eigenvalue weighted by Gasteiger charge is -2.08. The zero-order valence-corrected chi connectivity index (χ0v) is 9.16. The van der Waals surface area contributed by atoms with E-state index in [1.165, 1.54) is 0 Å². The second-order valence-electron chi connectivity index (χ2n) is 3.87. The Labute approximate surface area is 90.0 Å². The molecule has 0 radical (unpaired) electrons. The van der Waals surface area contributed by atoms with Crippen LogP contribution in [-0.4, -0.2) is 17.4 Å². The predicted octanol–water partition coefficient (Wildman–Crippen LogP) is 1.59. The van der Waals surface area contributed by atoms with Gasteiger partial charge in [0, 0.05) is 12.5 Å². The zero-order chi connectivity index (χ0) is 11.3. The molecule has 1 aromatic heterocycles. The van der Waals surface area contributed by atoms with Crippen LogP contribution in [-0.2, 0) is 6.42 Å². The van der Waals surface area contributed by atoms with E-state index >= 15 is 0 Å². The molecule has 0 atom stereocenters. The van der Waals surface area contributed by atoms with E-state index in [0.717, 1.165) is 5.69 Å². The molecule has 0 bridgehead atoms. The summed E-state index contributed by atoms with van der Waals surface area (Å²) in [6, 6.07) is 5.51. The molecule has 0 aliphatic heterocycles. The van der Waals surface area contributed by atoms with Crippen LogP contribution < -0.4 is 10.5 Å². The highest BCUT2D eigenvalue weighted by Crippen LogP contribution is 2.09. The molecule has 0 unspecified atom stereocenters. The molecular weight excluding hydrogens is 190 g/mol. The standard InChI is InChI=1S/C11H17N3O/c1-8(2)7-15-11-5-3-4-9(14-11)6-10(12)13/h3-5,8H,6-7H2,1-2H3,(H3,12,13). The highest BCUT2D eigenvalue weighted by Gasteiger charge is 2.01. The second kappa shape index (κ2) is 5.34. The van der Waals surface area contributed by atoms with Crippen molar-refractivity contribution in [3.8, 4) is 5.88 Å². The Morgan fingerprint density at radius 2 is 2.27 bits per heavy atom. The number of ether oxygens (including phenoxy) is 1. The number of rotatable bonds is 5. The minimum Gasteiger partial charge on any atom is -0.477 e. The number of nitrogens with two attached hydrogens (primary N) is 1. The van der Waals surface area contributed by atoms with Crippen LogP contribution in [0, 0.1) is 11.3 Å². The number of pyridine rings is 1. The zero-order valence-electron chi connectivity index (χ0n) is 9.16. The first-order valence-corrected chi connectivity index (χ1v) is 4.99. The maximum atomic E-state index is 7.17. The third-order valence-electron chi connectivity index (χ3n) is 1.72. The van der Waals surface area contributed by atoms with Gasteiger partial charge in [0.1, 0.15) is 0 Å². The lowest BCUT2D eigenvalue weighted by Crippen LogP contribution is -2.14. The van der Waals surface area contributed by atoms with Crippen molar-refractivity contribution in [2.75, 3.05) is 6.61 Å². The summed E-state index contributed by atoms with van der Waals surface area (Å²) < 4.78 is 5.47. The van der Waals surface area contributed by atoms with E-state index in [1.807, 2.05) is 18.2 Å². The highest BCUT2D eigenvalue weighted by atomic mass is 16.5. The van der Waals surface area contributed by atoms with Crippen molar-refractivity contribution < 1.29 is 4.74 Å². The van der Waals surface area contributed by atoms with Crippen LogP contribution in [0.15, 0.2) is 18.2 Å². The van der Waals surface area contributed by atoms with Gasteiger partial charge in [0.05, 0.1) is 18.1 Å². The van der Waals surface area contributed by atoms with Gasteiger partial charge in [0.2, 0.25) is 5.88 Å². The van der Waals surface area contributed by atoms with Crippen LogP contribution >= 0.6 is 0 Å². The molecule has 1 rings (SSSR count). The fraction of sp³-hybridized carbons (Fsp3) is 0.455. The lowest BCUT2D eigenvalue weighted by atomic mass is 10.2. The van der Waals surface area contributed by atoms with E-state index in [2.05, 4.69) is 18.8 Å². The van der Waals surface area contributed by atoms with Gasteiger partial charge >= 0.3 is 0 Å². The van der Waals surface area contributed by atoms with Crippen LogP contribution in [0.1, 0.15) is 19.5 Å². The van der Waals surface area contributed by atoms with Gasteiger partial charge in [-0.25, -0.2) is 4.98 Å². The first kappa shape index (κ1) is 11.5. The number of aromatic nitrogens is 1. The number of hydrogen-bond acceptors (Lipinski definition) is 3. The molecule has 0 aromatic carbocycles. The van der Waals surface area contributed by atoms with Crippen molar-refractivity contribution in [2.45, 2.75) is 20.3 Å². The van der Waals surface area contributed by atoms with Crippen molar-refractivity contribution in [2.24, 2.45) is 11.7 Å². The van der Waals surface area contributed by atoms with Crippen LogP contribution in [0.4, 0.5) is 0 Å². The Kier molecular flexibility index (Phi) is 4.09. The summed E-state index contributed by atoms with van der Waals surface area (Å²) in [4.78, 5) is 4.24. The topological polar surface area (TPSA) is 72.0 Å². The van der Waals surface area contributed by atoms with Crippen molar-refractivity contribution in [3.63, 3.8) is 0 Å². The summed E-state index contributed by atoms with van der Waals surface area (Å²) in [5.74, 6) is 1.19. The Bertz CT molecular complexity index is 336. The molecular formula is C11H17N3O. The Hall–Kier alpha value is -1.58. The minimum absolute atomic E-state index is 0.114. The summed E-state index contributed by atoms with van der Waals surface area (Å²) in [5.41, 5.74) is 6.07. The lowest BCUT2D eigenvalue weighted by molar-refractivity contribution is 0.261. The maximum absolute atomic E-state index is 7.17. The predicted molar refractivity (Wildman–Crippen MR) is 60.2 cm³/mol. The third kappa shape index (κ3) is 4.44. The molecule has 0 aliphatic carbocycles. The highest BCUT2D eigenvalue weighted by molar-refractivity contribution is 5.78. The third-order valence-corrected chi connectivity index (χ3v) is 1.72. The van der Waals surface area contributed by atoms with Crippen molar-refractivity contribution in [1.29, 1.82) is 5.41 Å². The van der Waals surface area contributed by atoms with E-state index in [-0.39, 0.29) is 5.84 Å². The first-order chi connectivity index (χ1) is 7.08. The van der Waals surface area contributed by atoms with E-state index in [1.54, 1.807) is 0 Å². The molecule has 4 nitrogen and oxygen atoms in total. The fourth-order valence-electron chi connectivity index (χ4n) is 1.08. The van der Waals surface area contributed by atoms with Gasteiger partial charge < -0.3 is 10.5 Å². The molecule has 15 heavy (non-hydrogen) atoms. The van der Waals surface area contributed by atoms with Gasteiger partial charge in [0.15, 0.2) is 0 Å². The molecule has 3 N–H and O–H groups in total. The van der Waals surface area contributed by atoms with Gasteiger partial charge in [-0.3, -0.25) is 5.41 Å². The molecule has 0 saturated carbocycles. The Morgan fingerprint density at radius 1 is 1.53 bits per heavy atom. The van der Waals surface area contributed by atoms with E-state index in [9.17, 15) is 0 Å². The van der Waals surface area contributed by atoms with Crippen LogP contribution in [0.2, 0.25) is 0 Å². The van der Waals surface area contributed by atoms with E-state index in [4.69, 9.17) is 15.9 Å². The number of amidine groups is 1. The first-order valence-electron chi connectivity index (χ1n) is 4.99. The maximum Gasteiger partial charge on any atom is 0.213 e. The summed E-state index contributed by atoms with van der Waals surface area (Å²) in [5, 5.41) is 7.17. The van der Waals surface area contributed by atoms with Crippen LogP contribution in [0.5, 0.6) is 5.88 Å². The Morgan fingerprint density at radius 3 is 2.87 bits per heavy atom. The van der Waals surface area contributed by atoms with Crippen molar-refractivity contribution in [3.05, 3.63) is 23.9 Å². The van der Waals surface area contributed by atoms with Crippen LogP contribution in [0.3, 0.4) is 0 Å². The molecule has 0 fully saturated rings. The summed E-state index contributed by atoms with van der Waals surface area (Å²) in [6.07, 6.45) is 0.374. The second-order valence-corrected chi connectivity index (χ2v) is 3.87. The molecule has 82 valence electrons. The van der Waals surface area contributed by atoms with E-state index < -0.39 is 0 Å². The Balaban J connectivity index is 2.61. The number of hydrogen-bond donors (Lipinski definition) is 2. The average molecular weight is 207 g/mol. The van der Waals surface area contributed by atoms with Gasteiger partial charge in [-0.2, -0.15) is 0 Å². The summed E-state index contributed by atoms with van der Waals surface area (Å²) >= 11 is 0. The normalized spacial score (nSPS) is 10.3.